The number of rotatable bonds is 7. The zero-order chi connectivity index (χ0) is 22.7. The molecule has 0 radical (unpaired) electrons. The molecule has 0 aliphatic carbocycles. The molecule has 1 aliphatic rings. The minimum Gasteiger partial charge on any atom is -0.504 e. The van der Waals surface area contributed by atoms with Gasteiger partial charge in [-0.15, -0.1) is 0 Å². The van der Waals surface area contributed by atoms with E-state index in [9.17, 15) is 24.8 Å². The summed E-state index contributed by atoms with van der Waals surface area (Å²) < 4.78 is 10.6. The monoisotopic (exact) mass is 444 g/mol. The molecule has 0 bridgehead atoms. The molecule has 0 unspecified atom stereocenters. The van der Waals surface area contributed by atoms with Crippen molar-refractivity contribution in [2.24, 2.45) is 0 Å². The van der Waals surface area contributed by atoms with Gasteiger partial charge in [-0.25, -0.2) is 0 Å². The first-order chi connectivity index (χ1) is 14.7. The van der Waals surface area contributed by atoms with Crippen LogP contribution in [0, 0.1) is 24.0 Å². The number of methoxy groups -OCH3 is 1. The fraction of sp³-hybridized carbons (Fsp3) is 0.238. The second-order valence-corrected chi connectivity index (χ2v) is 7.76. The summed E-state index contributed by atoms with van der Waals surface area (Å²) in [5, 5.41) is 20.8. The van der Waals surface area contributed by atoms with Crippen LogP contribution in [-0.2, 0) is 4.79 Å². The fourth-order valence-electron chi connectivity index (χ4n) is 3.03. The van der Waals surface area contributed by atoms with E-state index in [1.165, 1.54) is 25.3 Å². The zero-order valence-electron chi connectivity index (χ0n) is 17.1. The summed E-state index contributed by atoms with van der Waals surface area (Å²) in [5.74, 6) is -0.613. The maximum Gasteiger partial charge on any atom is 0.322 e. The van der Waals surface area contributed by atoms with E-state index in [0.717, 1.165) is 16.0 Å². The van der Waals surface area contributed by atoms with Crippen LogP contribution in [0.2, 0.25) is 0 Å². The lowest BCUT2D eigenvalue weighted by molar-refractivity contribution is -0.386. The normalized spacial score (nSPS) is 14.9. The van der Waals surface area contributed by atoms with E-state index in [0.29, 0.717) is 17.5 Å². The molecule has 1 aliphatic heterocycles. The van der Waals surface area contributed by atoms with Crippen LogP contribution in [0.3, 0.4) is 0 Å². The third-order valence-electron chi connectivity index (χ3n) is 4.60. The molecule has 10 heteroatoms. The highest BCUT2D eigenvalue weighted by atomic mass is 32.2. The molecule has 31 heavy (non-hydrogen) atoms. The molecule has 0 spiro atoms. The Labute approximate surface area is 182 Å². The van der Waals surface area contributed by atoms with Gasteiger partial charge in [0.2, 0.25) is 5.75 Å². The van der Waals surface area contributed by atoms with E-state index in [1.54, 1.807) is 0 Å². The van der Waals surface area contributed by atoms with Gasteiger partial charge in [0.15, 0.2) is 5.75 Å². The molecule has 1 saturated heterocycles. The number of nitrogens with zero attached hydrogens (tertiary/aromatic N) is 2. The fourth-order valence-corrected chi connectivity index (χ4v) is 3.88. The first-order valence-corrected chi connectivity index (χ1v) is 10.0. The highest BCUT2D eigenvalue weighted by molar-refractivity contribution is 8.18. The van der Waals surface area contributed by atoms with E-state index in [1.807, 2.05) is 32.0 Å². The summed E-state index contributed by atoms with van der Waals surface area (Å²) in [5.41, 5.74) is 1.51. The maximum absolute atomic E-state index is 12.7. The van der Waals surface area contributed by atoms with Crippen molar-refractivity contribution in [3.05, 3.63) is 62.0 Å². The summed E-state index contributed by atoms with van der Waals surface area (Å²) in [6, 6.07) is 8.27. The summed E-state index contributed by atoms with van der Waals surface area (Å²) in [6.07, 6.45) is 1.25. The number of aryl methyl sites for hydroxylation is 2. The lowest BCUT2D eigenvalue weighted by Gasteiger charge is -2.14. The molecule has 1 fully saturated rings. The average Bonchev–Trinajstić information content (AvgIpc) is 2.98. The lowest BCUT2D eigenvalue weighted by atomic mass is 10.1. The molecular formula is C21H20N2O7S. The van der Waals surface area contributed by atoms with Crippen molar-refractivity contribution in [1.82, 2.24) is 4.90 Å². The van der Waals surface area contributed by atoms with Gasteiger partial charge < -0.3 is 14.6 Å². The van der Waals surface area contributed by atoms with Gasteiger partial charge in [0, 0.05) is 0 Å². The van der Waals surface area contributed by atoms with Crippen molar-refractivity contribution < 1.29 is 29.1 Å². The average molecular weight is 444 g/mol. The number of hydrogen-bond acceptors (Lipinski definition) is 8. The van der Waals surface area contributed by atoms with Crippen LogP contribution in [0.1, 0.15) is 16.7 Å². The first kappa shape index (κ1) is 22.2. The molecule has 2 amide bonds. The number of nitro groups is 1. The quantitative estimate of drug-likeness (QED) is 0.386. The number of ether oxygens (including phenoxy) is 2. The number of imide groups is 1. The molecular weight excluding hydrogens is 424 g/mol. The Bertz CT molecular complexity index is 1100. The molecule has 9 nitrogen and oxygen atoms in total. The Morgan fingerprint density at radius 3 is 2.65 bits per heavy atom. The summed E-state index contributed by atoms with van der Waals surface area (Å²) in [4.78, 5) is 36.8. The third-order valence-corrected chi connectivity index (χ3v) is 5.51. The predicted octanol–water partition coefficient (Wildman–Crippen LogP) is 4.04. The van der Waals surface area contributed by atoms with Gasteiger partial charge in [0.05, 0.1) is 29.0 Å². The number of phenolic OH excluding ortho intramolecular Hbond substituents is 1. The number of carbonyl (C=O) groups excluding carboxylic acids is 2. The van der Waals surface area contributed by atoms with Crippen molar-refractivity contribution >= 4 is 34.7 Å². The van der Waals surface area contributed by atoms with Gasteiger partial charge in [-0.3, -0.25) is 24.6 Å². The SMILES string of the molecule is COc1c(O)ccc(/C=C2\SC(=O)N(CCOc3cc(C)ccc3C)C2=O)c1[N+](=O)[O-]. The minimum absolute atomic E-state index is 0.0348. The zero-order valence-corrected chi connectivity index (χ0v) is 17.9. The molecule has 0 atom stereocenters. The number of carbonyl (C=O) groups is 2. The molecule has 2 aromatic carbocycles. The first-order valence-electron chi connectivity index (χ1n) is 9.22. The van der Waals surface area contributed by atoms with Crippen LogP contribution in [0.15, 0.2) is 35.2 Å². The van der Waals surface area contributed by atoms with Crippen LogP contribution in [0.25, 0.3) is 6.08 Å². The third kappa shape index (κ3) is 4.64. The van der Waals surface area contributed by atoms with Gasteiger partial charge >= 0.3 is 5.69 Å². The Balaban J connectivity index is 1.78. The number of benzene rings is 2. The number of thioether (sulfide) groups is 1. The molecule has 0 saturated carbocycles. The molecule has 162 valence electrons. The predicted molar refractivity (Wildman–Crippen MR) is 115 cm³/mol. The summed E-state index contributed by atoms with van der Waals surface area (Å²) in [7, 11) is 1.19. The van der Waals surface area contributed by atoms with Crippen LogP contribution in [-0.4, -0.2) is 46.3 Å². The van der Waals surface area contributed by atoms with E-state index < -0.39 is 27.5 Å². The van der Waals surface area contributed by atoms with Crippen LogP contribution in [0.5, 0.6) is 17.2 Å². The standard InChI is InChI=1S/C21H20N2O7S/c1-12-4-5-13(2)16(10-12)30-9-8-22-20(25)17(31-21(22)26)11-14-6-7-15(24)19(29-3)18(14)23(27)28/h4-7,10-11,24H,8-9H2,1-3H3/b17-11-. The number of aromatic hydroxyl groups is 1. The highest BCUT2D eigenvalue weighted by Crippen LogP contribution is 2.41. The van der Waals surface area contributed by atoms with E-state index in [-0.39, 0.29) is 29.4 Å². The lowest BCUT2D eigenvalue weighted by Crippen LogP contribution is -2.32. The van der Waals surface area contributed by atoms with E-state index in [4.69, 9.17) is 9.47 Å². The van der Waals surface area contributed by atoms with Crippen LogP contribution < -0.4 is 9.47 Å². The van der Waals surface area contributed by atoms with Crippen molar-refractivity contribution in [3.8, 4) is 17.2 Å². The number of amides is 2. The number of nitro benzene ring substituents is 1. The Kier molecular flexibility index (Phi) is 6.50. The number of hydrogen-bond donors (Lipinski definition) is 1. The molecule has 2 aromatic rings. The van der Waals surface area contributed by atoms with E-state index >= 15 is 0 Å². The highest BCUT2D eigenvalue weighted by Gasteiger charge is 2.36. The van der Waals surface area contributed by atoms with Crippen LogP contribution >= 0.6 is 11.8 Å². The Hall–Kier alpha value is -3.53. The molecule has 1 heterocycles. The van der Waals surface area contributed by atoms with E-state index in [2.05, 4.69) is 0 Å². The molecule has 3 rings (SSSR count). The summed E-state index contributed by atoms with van der Waals surface area (Å²) in [6.45, 7) is 3.99. The minimum atomic E-state index is -0.716. The van der Waals surface area contributed by atoms with Gasteiger partial charge in [0.1, 0.15) is 12.4 Å². The van der Waals surface area contributed by atoms with Gasteiger partial charge in [-0.2, -0.15) is 0 Å². The van der Waals surface area contributed by atoms with Gasteiger partial charge in [0.25, 0.3) is 11.1 Å². The number of phenols is 1. The second-order valence-electron chi connectivity index (χ2n) is 6.76. The Morgan fingerprint density at radius 2 is 1.97 bits per heavy atom. The topological polar surface area (TPSA) is 119 Å². The second kappa shape index (κ2) is 9.09. The van der Waals surface area contributed by atoms with Gasteiger partial charge in [-0.1, -0.05) is 12.1 Å². The smallest absolute Gasteiger partial charge is 0.322 e. The molecule has 0 aromatic heterocycles. The van der Waals surface area contributed by atoms with Crippen molar-refractivity contribution in [2.75, 3.05) is 20.3 Å². The van der Waals surface area contributed by atoms with Crippen LogP contribution in [0.4, 0.5) is 10.5 Å². The van der Waals surface area contributed by atoms with Crippen molar-refractivity contribution in [2.45, 2.75) is 13.8 Å². The van der Waals surface area contributed by atoms with Crippen molar-refractivity contribution in [3.63, 3.8) is 0 Å². The largest absolute Gasteiger partial charge is 0.504 e. The van der Waals surface area contributed by atoms with Crippen molar-refractivity contribution in [1.29, 1.82) is 0 Å². The summed E-state index contributed by atoms with van der Waals surface area (Å²) >= 11 is 0.684. The Morgan fingerprint density at radius 1 is 1.23 bits per heavy atom. The molecule has 1 N–H and O–H groups in total. The van der Waals surface area contributed by atoms with Gasteiger partial charge in [-0.05, 0) is 61.0 Å². The maximum atomic E-state index is 12.7.